The molecule has 1 heteroatoms. The van der Waals surface area contributed by atoms with Crippen molar-refractivity contribution in [1.82, 2.24) is 0 Å². The average molecular weight is 97.0 g/mol. The molecule has 0 aromatic carbocycles. The van der Waals surface area contributed by atoms with Crippen LogP contribution in [0, 0.1) is 5.92 Å². The predicted octanol–water partition coefficient (Wildman–Crippen LogP) is 2.01. The first kappa shape index (κ1) is 5.21. The van der Waals surface area contributed by atoms with Crippen LogP contribution in [-0.4, -0.2) is 7.85 Å². The molecule has 0 aliphatic rings. The first-order chi connectivity index (χ1) is 3.55. The zero-order chi connectivity index (χ0) is 6.73. The van der Waals surface area contributed by atoms with E-state index in [9.17, 15) is 0 Å². The Bertz CT molecular complexity index is 53.5. The summed E-state index contributed by atoms with van der Waals surface area (Å²) in [6.07, 6.45) is -0.0324. The van der Waals surface area contributed by atoms with Gasteiger partial charge in [-0.3, -0.25) is 0 Å². The molecule has 7 heavy (non-hydrogen) atoms. The van der Waals surface area contributed by atoms with Crippen molar-refractivity contribution in [2.45, 2.75) is 33.0 Å². The Hall–Kier alpha value is 0.0649. The van der Waals surface area contributed by atoms with E-state index in [1.165, 1.54) is 0 Å². The fourth-order valence-electron chi connectivity index (χ4n) is 0.304. The van der Waals surface area contributed by atoms with Crippen LogP contribution in [0.25, 0.3) is 0 Å². The molecule has 0 aromatic heterocycles. The predicted molar refractivity (Wildman–Crippen MR) is 34.6 cm³/mol. The van der Waals surface area contributed by atoms with Crippen LogP contribution >= 0.6 is 0 Å². The summed E-state index contributed by atoms with van der Waals surface area (Å²) in [5, 5.41) is 0. The van der Waals surface area contributed by atoms with Crippen molar-refractivity contribution in [2.75, 3.05) is 0 Å². The highest BCUT2D eigenvalue weighted by Gasteiger charge is 2.00. The van der Waals surface area contributed by atoms with E-state index in [2.05, 4.69) is 0 Å². The minimum atomic E-state index is -0.0324. The maximum atomic E-state index is 7.23. The van der Waals surface area contributed by atoms with E-state index < -0.39 is 0 Å². The highest BCUT2D eigenvalue weighted by molar-refractivity contribution is 6.11. The molecule has 0 saturated carbocycles. The number of hydrogen-bond donors (Lipinski definition) is 0. The van der Waals surface area contributed by atoms with Crippen LogP contribution in [0.15, 0.2) is 0 Å². The Morgan fingerprint density at radius 2 is 2.14 bits per heavy atom. The van der Waals surface area contributed by atoms with Crippen LogP contribution in [-0.2, 0) is 0 Å². The third-order valence-electron chi connectivity index (χ3n) is 1.36. The minimum absolute atomic E-state index is 0.0324. The Morgan fingerprint density at radius 3 is 2.14 bits per heavy atom. The van der Waals surface area contributed by atoms with Crippen LogP contribution < -0.4 is 0 Å². The topological polar surface area (TPSA) is 0 Å². The van der Waals surface area contributed by atoms with Crippen LogP contribution in [0.3, 0.4) is 0 Å². The third-order valence-corrected chi connectivity index (χ3v) is 1.36. The molecule has 0 rings (SSSR count). The monoisotopic (exact) mass is 97.1 g/mol. The summed E-state index contributed by atoms with van der Waals surface area (Å²) in [5.41, 5.74) is 0. The number of rotatable bonds is 2. The van der Waals surface area contributed by atoms with E-state index in [4.69, 9.17) is 9.22 Å². The van der Waals surface area contributed by atoms with E-state index in [1.807, 2.05) is 20.8 Å². The Kier molecular flexibility index (Phi) is 2.32. The van der Waals surface area contributed by atoms with Crippen molar-refractivity contribution >= 4 is 7.85 Å². The molecule has 0 bridgehead atoms. The van der Waals surface area contributed by atoms with E-state index in [0.717, 1.165) is 0 Å². The van der Waals surface area contributed by atoms with Gasteiger partial charge in [0.15, 0.2) is 0 Å². The van der Waals surface area contributed by atoms with Crippen LogP contribution in [0.4, 0.5) is 0 Å². The van der Waals surface area contributed by atoms with Gasteiger partial charge in [-0.05, 0) is 5.92 Å². The molecule has 0 aliphatic carbocycles. The quantitative estimate of drug-likeness (QED) is 0.462. The standard InChI is InChI=1S/C6H13B/c1-4-5(2)6(3)7/h5-6H,4H2,1-3H3/i4D. The molecule has 40 valence electrons. The van der Waals surface area contributed by atoms with Gasteiger partial charge in [0.1, 0.15) is 0 Å². The second-order valence-corrected chi connectivity index (χ2v) is 2.05. The van der Waals surface area contributed by atoms with Gasteiger partial charge in [0.25, 0.3) is 0 Å². The SMILES string of the molecule is [2H]C(C)C(C)C([B])C. The third kappa shape index (κ3) is 2.72. The lowest BCUT2D eigenvalue weighted by Gasteiger charge is -2.11. The molecule has 2 radical (unpaired) electrons. The first-order valence-corrected chi connectivity index (χ1v) is 2.73. The zero-order valence-corrected chi connectivity index (χ0v) is 5.31. The summed E-state index contributed by atoms with van der Waals surface area (Å²) in [6.45, 7) is 5.81. The van der Waals surface area contributed by atoms with Gasteiger partial charge < -0.3 is 0 Å². The molecule has 0 amide bonds. The van der Waals surface area contributed by atoms with E-state index in [0.29, 0.717) is 5.92 Å². The normalized spacial score (nSPS) is 25.3. The lowest BCUT2D eigenvalue weighted by Crippen LogP contribution is -1.98. The van der Waals surface area contributed by atoms with E-state index in [1.54, 1.807) is 0 Å². The average Bonchev–Trinajstić information content (AvgIpc) is 1.64. The van der Waals surface area contributed by atoms with Crippen molar-refractivity contribution in [3.8, 4) is 0 Å². The van der Waals surface area contributed by atoms with Crippen LogP contribution in [0.2, 0.25) is 5.82 Å². The Balaban J connectivity index is 3.46. The minimum Gasteiger partial charge on any atom is -0.0777 e. The van der Waals surface area contributed by atoms with Gasteiger partial charge in [-0.1, -0.05) is 33.0 Å². The van der Waals surface area contributed by atoms with Crippen molar-refractivity contribution in [3.63, 3.8) is 0 Å². The highest BCUT2D eigenvalue weighted by atomic mass is 14.0. The summed E-state index contributed by atoms with van der Waals surface area (Å²) in [4.78, 5) is 0. The van der Waals surface area contributed by atoms with E-state index in [-0.39, 0.29) is 12.2 Å². The maximum Gasteiger partial charge on any atom is 0.0699 e. The van der Waals surface area contributed by atoms with Gasteiger partial charge in [-0.2, -0.15) is 0 Å². The molecule has 0 N–H and O–H groups in total. The lowest BCUT2D eigenvalue weighted by molar-refractivity contribution is 0.544. The second kappa shape index (κ2) is 3.12. The molecular weight excluding hydrogens is 82.9 g/mol. The van der Waals surface area contributed by atoms with E-state index >= 15 is 0 Å². The molecule has 0 saturated heterocycles. The molecule has 3 atom stereocenters. The smallest absolute Gasteiger partial charge is 0.0699 e. The van der Waals surface area contributed by atoms with Gasteiger partial charge in [0.2, 0.25) is 0 Å². The zero-order valence-electron chi connectivity index (χ0n) is 6.31. The van der Waals surface area contributed by atoms with Gasteiger partial charge >= 0.3 is 0 Å². The van der Waals surface area contributed by atoms with Crippen LogP contribution in [0.1, 0.15) is 28.5 Å². The molecule has 0 fully saturated rings. The number of hydrogen-bond acceptors (Lipinski definition) is 0. The summed E-state index contributed by atoms with van der Waals surface area (Å²) in [7, 11) is 5.52. The Morgan fingerprint density at radius 1 is 1.71 bits per heavy atom. The van der Waals surface area contributed by atoms with Crippen molar-refractivity contribution in [2.24, 2.45) is 5.92 Å². The summed E-state index contributed by atoms with van der Waals surface area (Å²) in [6, 6.07) is 0. The summed E-state index contributed by atoms with van der Waals surface area (Å²) in [5.74, 6) is 0.470. The molecule has 0 heterocycles. The van der Waals surface area contributed by atoms with Gasteiger partial charge in [0, 0.05) is 1.37 Å². The van der Waals surface area contributed by atoms with Gasteiger partial charge in [-0.15, -0.1) is 0 Å². The fraction of sp³-hybridized carbons (Fsp3) is 1.00. The molecule has 3 unspecified atom stereocenters. The highest BCUT2D eigenvalue weighted by Crippen LogP contribution is 2.14. The van der Waals surface area contributed by atoms with Gasteiger partial charge in [-0.25, -0.2) is 0 Å². The lowest BCUT2D eigenvalue weighted by atomic mass is 9.78. The van der Waals surface area contributed by atoms with Crippen molar-refractivity contribution in [1.29, 1.82) is 0 Å². The molecular formula is C6H13B. The maximum absolute atomic E-state index is 7.23. The Labute approximate surface area is 49.1 Å². The molecule has 0 aliphatic heterocycles. The summed E-state index contributed by atoms with van der Waals surface area (Å²) >= 11 is 0. The molecule has 0 nitrogen and oxygen atoms in total. The van der Waals surface area contributed by atoms with Crippen molar-refractivity contribution in [3.05, 3.63) is 0 Å². The molecule has 0 aromatic rings. The first-order valence-electron chi connectivity index (χ1n) is 3.31. The van der Waals surface area contributed by atoms with Crippen LogP contribution in [0.5, 0.6) is 0 Å². The van der Waals surface area contributed by atoms with Crippen molar-refractivity contribution < 1.29 is 1.37 Å². The largest absolute Gasteiger partial charge is 0.0777 e. The fourth-order valence-corrected chi connectivity index (χ4v) is 0.304. The van der Waals surface area contributed by atoms with Gasteiger partial charge in [0.05, 0.1) is 7.85 Å². The summed E-state index contributed by atoms with van der Waals surface area (Å²) < 4.78 is 7.23. The second-order valence-electron chi connectivity index (χ2n) is 2.05. The molecule has 0 spiro atoms.